The summed E-state index contributed by atoms with van der Waals surface area (Å²) in [5.41, 5.74) is 6.69. The van der Waals surface area contributed by atoms with Gasteiger partial charge in [-0.25, -0.2) is 0 Å². The quantitative estimate of drug-likeness (QED) is 0.548. The van der Waals surface area contributed by atoms with E-state index < -0.39 is 6.04 Å². The summed E-state index contributed by atoms with van der Waals surface area (Å²) in [5.74, 6) is -0.330. The number of hydrogen-bond donors (Lipinski definition) is 1. The van der Waals surface area contributed by atoms with Crippen LogP contribution >= 0.6 is 12.4 Å². The molecular formula is C9H16ClNO2. The molecule has 2 N–H and O–H groups in total. The molecule has 1 atom stereocenters. The first-order chi connectivity index (χ1) is 5.75. The van der Waals surface area contributed by atoms with Crippen molar-refractivity contribution in [2.24, 2.45) is 5.73 Å². The van der Waals surface area contributed by atoms with Crippen molar-refractivity contribution in [2.75, 3.05) is 7.11 Å². The van der Waals surface area contributed by atoms with E-state index in [0.717, 1.165) is 24.8 Å². The molecule has 76 valence electrons. The van der Waals surface area contributed by atoms with Crippen LogP contribution in [0.4, 0.5) is 0 Å². The van der Waals surface area contributed by atoms with Gasteiger partial charge in [0.15, 0.2) is 0 Å². The van der Waals surface area contributed by atoms with Crippen LogP contribution in [0.3, 0.4) is 0 Å². The first-order valence-electron chi connectivity index (χ1n) is 4.28. The summed E-state index contributed by atoms with van der Waals surface area (Å²) in [4.78, 5) is 11.0. The van der Waals surface area contributed by atoms with Gasteiger partial charge in [-0.05, 0) is 31.3 Å². The van der Waals surface area contributed by atoms with Crippen LogP contribution in [0.1, 0.15) is 25.7 Å². The molecule has 3 nitrogen and oxygen atoms in total. The topological polar surface area (TPSA) is 52.3 Å². The lowest BCUT2D eigenvalue weighted by molar-refractivity contribution is -0.141. The van der Waals surface area contributed by atoms with Gasteiger partial charge in [0.25, 0.3) is 0 Å². The Kier molecular flexibility index (Phi) is 5.75. The molecule has 0 bridgehead atoms. The minimum absolute atomic E-state index is 0. The molecule has 0 amide bonds. The molecule has 0 saturated carbocycles. The molecule has 0 saturated heterocycles. The average Bonchev–Trinajstić information content (AvgIpc) is 2.17. The highest BCUT2D eigenvalue weighted by molar-refractivity contribution is 5.85. The number of ether oxygens (including phenoxy) is 1. The van der Waals surface area contributed by atoms with Crippen LogP contribution in [0.2, 0.25) is 0 Å². The fourth-order valence-corrected chi connectivity index (χ4v) is 1.42. The number of rotatable bonds is 2. The SMILES string of the molecule is COC(=O)[C@H](N)C1=CCCCC1.Cl. The van der Waals surface area contributed by atoms with E-state index in [9.17, 15) is 4.79 Å². The van der Waals surface area contributed by atoms with E-state index in [1.165, 1.54) is 13.5 Å². The van der Waals surface area contributed by atoms with Gasteiger partial charge in [-0.1, -0.05) is 6.08 Å². The molecule has 4 heteroatoms. The Morgan fingerprint density at radius 1 is 1.62 bits per heavy atom. The second-order valence-corrected chi connectivity index (χ2v) is 3.03. The molecule has 1 rings (SSSR count). The monoisotopic (exact) mass is 205 g/mol. The van der Waals surface area contributed by atoms with Crippen LogP contribution in [0.15, 0.2) is 11.6 Å². The summed E-state index contributed by atoms with van der Waals surface area (Å²) in [7, 11) is 1.37. The van der Waals surface area contributed by atoms with Crippen molar-refractivity contribution >= 4 is 18.4 Å². The molecule has 0 unspecified atom stereocenters. The van der Waals surface area contributed by atoms with E-state index in [1.54, 1.807) is 0 Å². The van der Waals surface area contributed by atoms with Gasteiger partial charge in [0.05, 0.1) is 7.11 Å². The number of nitrogens with two attached hydrogens (primary N) is 1. The van der Waals surface area contributed by atoms with Crippen LogP contribution in [-0.2, 0) is 9.53 Å². The Labute approximate surface area is 84.7 Å². The minimum atomic E-state index is -0.532. The zero-order chi connectivity index (χ0) is 8.97. The maximum Gasteiger partial charge on any atom is 0.326 e. The van der Waals surface area contributed by atoms with Crippen molar-refractivity contribution in [1.82, 2.24) is 0 Å². The third-order valence-electron chi connectivity index (χ3n) is 2.18. The highest BCUT2D eigenvalue weighted by Gasteiger charge is 2.19. The van der Waals surface area contributed by atoms with Crippen molar-refractivity contribution in [2.45, 2.75) is 31.7 Å². The number of methoxy groups -OCH3 is 1. The fraction of sp³-hybridized carbons (Fsp3) is 0.667. The normalized spacial score (nSPS) is 18.2. The first-order valence-corrected chi connectivity index (χ1v) is 4.28. The summed E-state index contributed by atoms with van der Waals surface area (Å²) in [6, 6.07) is -0.532. The van der Waals surface area contributed by atoms with E-state index in [0.29, 0.717) is 0 Å². The number of carbonyl (C=O) groups excluding carboxylic acids is 1. The summed E-state index contributed by atoms with van der Waals surface area (Å²) < 4.78 is 4.56. The Hall–Kier alpha value is -0.540. The van der Waals surface area contributed by atoms with Crippen molar-refractivity contribution < 1.29 is 9.53 Å². The zero-order valence-electron chi connectivity index (χ0n) is 7.79. The molecule has 1 aliphatic rings. The van der Waals surface area contributed by atoms with Crippen molar-refractivity contribution in [3.63, 3.8) is 0 Å². The molecule has 0 aromatic carbocycles. The van der Waals surface area contributed by atoms with E-state index >= 15 is 0 Å². The van der Waals surface area contributed by atoms with Gasteiger partial charge in [-0.15, -0.1) is 12.4 Å². The third kappa shape index (κ3) is 3.36. The van der Waals surface area contributed by atoms with Crippen molar-refractivity contribution in [3.8, 4) is 0 Å². The number of halogens is 1. The molecule has 0 radical (unpaired) electrons. The van der Waals surface area contributed by atoms with Gasteiger partial charge < -0.3 is 10.5 Å². The molecular weight excluding hydrogens is 190 g/mol. The van der Waals surface area contributed by atoms with Gasteiger partial charge >= 0.3 is 5.97 Å². The number of hydrogen-bond acceptors (Lipinski definition) is 3. The lowest BCUT2D eigenvalue weighted by Gasteiger charge is -2.17. The van der Waals surface area contributed by atoms with E-state index in [4.69, 9.17) is 5.73 Å². The molecule has 0 spiro atoms. The van der Waals surface area contributed by atoms with Gasteiger partial charge in [0.2, 0.25) is 0 Å². The van der Waals surface area contributed by atoms with Gasteiger partial charge in [-0.3, -0.25) is 4.79 Å². The largest absolute Gasteiger partial charge is 0.468 e. The minimum Gasteiger partial charge on any atom is -0.468 e. The first kappa shape index (κ1) is 12.5. The van der Waals surface area contributed by atoms with Crippen LogP contribution in [0.25, 0.3) is 0 Å². The number of carbonyl (C=O) groups is 1. The average molecular weight is 206 g/mol. The standard InChI is InChI=1S/C9H15NO2.ClH/c1-12-9(11)8(10)7-5-3-2-4-6-7;/h5,8H,2-4,6,10H2,1H3;1H/t8-;/m1./s1. The molecule has 1 aliphatic carbocycles. The number of allylic oxidation sites excluding steroid dienone is 1. The lowest BCUT2D eigenvalue weighted by atomic mass is 9.94. The highest BCUT2D eigenvalue weighted by Crippen LogP contribution is 2.19. The Bertz CT molecular complexity index is 204. The second kappa shape index (κ2) is 6.00. The zero-order valence-corrected chi connectivity index (χ0v) is 8.60. The third-order valence-corrected chi connectivity index (χ3v) is 2.18. The Morgan fingerprint density at radius 2 is 2.31 bits per heavy atom. The molecule has 0 aliphatic heterocycles. The maximum absolute atomic E-state index is 11.0. The molecule has 13 heavy (non-hydrogen) atoms. The van der Waals surface area contributed by atoms with Gasteiger partial charge in [0, 0.05) is 0 Å². The molecule has 0 aromatic heterocycles. The molecule has 0 heterocycles. The van der Waals surface area contributed by atoms with E-state index in [2.05, 4.69) is 10.8 Å². The van der Waals surface area contributed by atoms with E-state index in [-0.39, 0.29) is 18.4 Å². The smallest absolute Gasteiger partial charge is 0.326 e. The summed E-state index contributed by atoms with van der Waals surface area (Å²) in [6.07, 6.45) is 6.38. The van der Waals surface area contributed by atoms with Gasteiger partial charge in [0.1, 0.15) is 6.04 Å². The maximum atomic E-state index is 11.0. The highest BCUT2D eigenvalue weighted by atomic mass is 35.5. The van der Waals surface area contributed by atoms with E-state index in [1.807, 2.05) is 0 Å². The fourth-order valence-electron chi connectivity index (χ4n) is 1.42. The second-order valence-electron chi connectivity index (χ2n) is 3.03. The summed E-state index contributed by atoms with van der Waals surface area (Å²) in [5, 5.41) is 0. The van der Waals surface area contributed by atoms with Crippen molar-refractivity contribution in [3.05, 3.63) is 11.6 Å². The van der Waals surface area contributed by atoms with Crippen molar-refractivity contribution in [1.29, 1.82) is 0 Å². The lowest BCUT2D eigenvalue weighted by Crippen LogP contribution is -2.34. The van der Waals surface area contributed by atoms with Crippen LogP contribution in [0, 0.1) is 0 Å². The Morgan fingerprint density at radius 3 is 2.77 bits per heavy atom. The van der Waals surface area contributed by atoms with Crippen LogP contribution in [-0.4, -0.2) is 19.1 Å². The van der Waals surface area contributed by atoms with Gasteiger partial charge in [-0.2, -0.15) is 0 Å². The molecule has 0 fully saturated rings. The predicted molar refractivity (Wildman–Crippen MR) is 53.8 cm³/mol. The molecule has 0 aromatic rings. The summed E-state index contributed by atoms with van der Waals surface area (Å²) in [6.45, 7) is 0. The van der Waals surface area contributed by atoms with Crippen LogP contribution < -0.4 is 5.73 Å². The Balaban J connectivity index is 0.00000144. The summed E-state index contributed by atoms with van der Waals surface area (Å²) >= 11 is 0. The predicted octanol–water partition coefficient (Wildman–Crippen LogP) is 1.41. The van der Waals surface area contributed by atoms with Crippen LogP contribution in [0.5, 0.6) is 0 Å². The number of esters is 1.